The molecule has 0 bridgehead atoms. The van der Waals surface area contributed by atoms with E-state index in [9.17, 15) is 13.2 Å². The molecule has 1 aliphatic rings. The minimum absolute atomic E-state index is 0.0173. The first kappa shape index (κ1) is 22.5. The van der Waals surface area contributed by atoms with Gasteiger partial charge in [-0.3, -0.25) is 9.52 Å². The van der Waals surface area contributed by atoms with Crippen LogP contribution >= 0.6 is 11.6 Å². The SMILES string of the molecule is COc1ccc(NS(=O)(=O)c2c(C(=O)N3CCCCCC3)c(C)n(C)c2C)cc1Cl. The Morgan fingerprint density at radius 1 is 1.10 bits per heavy atom. The van der Waals surface area contributed by atoms with Gasteiger partial charge in [-0.2, -0.15) is 0 Å². The standard InChI is InChI=1S/C21H28ClN3O4S/c1-14-19(21(26)25-11-7-5-6-8-12-25)20(15(2)24(14)3)30(27,28)23-16-9-10-18(29-4)17(22)13-16/h9-10,13,23H,5-8,11-12H2,1-4H3. The van der Waals surface area contributed by atoms with Crippen LogP contribution in [0, 0.1) is 13.8 Å². The van der Waals surface area contributed by atoms with Gasteiger partial charge in [-0.25, -0.2) is 8.42 Å². The smallest absolute Gasteiger partial charge is 0.264 e. The van der Waals surface area contributed by atoms with Crippen molar-refractivity contribution in [2.24, 2.45) is 7.05 Å². The van der Waals surface area contributed by atoms with Crippen LogP contribution in [-0.4, -0.2) is 44.0 Å². The summed E-state index contributed by atoms with van der Waals surface area (Å²) in [5.74, 6) is 0.217. The molecule has 0 radical (unpaired) electrons. The highest BCUT2D eigenvalue weighted by Crippen LogP contribution is 2.32. The highest BCUT2D eigenvalue weighted by molar-refractivity contribution is 7.92. The van der Waals surface area contributed by atoms with Gasteiger partial charge >= 0.3 is 0 Å². The monoisotopic (exact) mass is 453 g/mol. The van der Waals surface area contributed by atoms with E-state index in [0.29, 0.717) is 40.9 Å². The molecule has 1 amide bonds. The van der Waals surface area contributed by atoms with Crippen molar-refractivity contribution in [1.82, 2.24) is 9.47 Å². The Morgan fingerprint density at radius 2 is 1.73 bits per heavy atom. The molecule has 2 heterocycles. The van der Waals surface area contributed by atoms with Crippen molar-refractivity contribution < 1.29 is 17.9 Å². The third kappa shape index (κ3) is 4.30. The fourth-order valence-corrected chi connectivity index (χ4v) is 5.69. The number of carbonyl (C=O) groups excluding carboxylic acids is 1. The number of nitrogens with one attached hydrogen (secondary N) is 1. The molecular weight excluding hydrogens is 426 g/mol. The molecule has 0 spiro atoms. The normalized spacial score (nSPS) is 15.0. The van der Waals surface area contributed by atoms with Crippen LogP contribution in [0.25, 0.3) is 0 Å². The summed E-state index contributed by atoms with van der Waals surface area (Å²) >= 11 is 6.14. The lowest BCUT2D eigenvalue weighted by Gasteiger charge is -2.21. The van der Waals surface area contributed by atoms with Gasteiger partial charge in [0.1, 0.15) is 10.6 Å². The lowest BCUT2D eigenvalue weighted by Crippen LogP contribution is -2.33. The number of benzene rings is 1. The van der Waals surface area contributed by atoms with Gasteiger partial charge in [0.05, 0.1) is 23.4 Å². The van der Waals surface area contributed by atoms with Crippen LogP contribution in [-0.2, 0) is 17.1 Å². The molecule has 0 unspecified atom stereocenters. The van der Waals surface area contributed by atoms with E-state index in [1.807, 2.05) is 0 Å². The number of methoxy groups -OCH3 is 1. The molecule has 0 atom stereocenters. The highest BCUT2D eigenvalue weighted by Gasteiger charge is 2.33. The van der Waals surface area contributed by atoms with E-state index in [0.717, 1.165) is 25.7 Å². The summed E-state index contributed by atoms with van der Waals surface area (Å²) in [5, 5.41) is 0.291. The summed E-state index contributed by atoms with van der Waals surface area (Å²) < 4.78 is 36.2. The minimum atomic E-state index is -4.02. The van der Waals surface area contributed by atoms with Gasteiger partial charge in [-0.05, 0) is 44.9 Å². The average molecular weight is 454 g/mol. The molecule has 1 aliphatic heterocycles. The number of likely N-dealkylation sites (tertiary alicyclic amines) is 1. The lowest BCUT2D eigenvalue weighted by atomic mass is 10.2. The maximum Gasteiger partial charge on any atom is 0.264 e. The van der Waals surface area contributed by atoms with Crippen molar-refractivity contribution >= 4 is 33.2 Å². The average Bonchev–Trinajstić information content (AvgIpc) is 2.89. The van der Waals surface area contributed by atoms with Crippen molar-refractivity contribution in [3.8, 4) is 5.75 Å². The van der Waals surface area contributed by atoms with E-state index >= 15 is 0 Å². The van der Waals surface area contributed by atoms with Gasteiger partial charge in [0, 0.05) is 31.5 Å². The molecule has 1 aromatic heterocycles. The van der Waals surface area contributed by atoms with Crippen molar-refractivity contribution in [2.45, 2.75) is 44.4 Å². The summed E-state index contributed by atoms with van der Waals surface area (Å²) in [6, 6.07) is 4.65. The number of aromatic nitrogens is 1. The van der Waals surface area contributed by atoms with Gasteiger partial charge in [0.15, 0.2) is 0 Å². The molecule has 9 heteroatoms. The predicted molar refractivity (Wildman–Crippen MR) is 118 cm³/mol. The molecule has 0 saturated carbocycles. The van der Waals surface area contributed by atoms with E-state index in [-0.39, 0.29) is 16.4 Å². The van der Waals surface area contributed by atoms with E-state index < -0.39 is 10.0 Å². The van der Waals surface area contributed by atoms with E-state index in [1.54, 1.807) is 42.5 Å². The van der Waals surface area contributed by atoms with Gasteiger partial charge < -0.3 is 14.2 Å². The number of hydrogen-bond acceptors (Lipinski definition) is 4. The third-order valence-electron chi connectivity index (χ3n) is 5.70. The molecule has 0 aliphatic carbocycles. The first-order valence-corrected chi connectivity index (χ1v) is 11.8. The third-order valence-corrected chi connectivity index (χ3v) is 7.54. The zero-order valence-electron chi connectivity index (χ0n) is 17.8. The van der Waals surface area contributed by atoms with Crippen LogP contribution in [0.5, 0.6) is 5.75 Å². The van der Waals surface area contributed by atoms with Crippen LogP contribution in [0.15, 0.2) is 23.1 Å². The molecule has 30 heavy (non-hydrogen) atoms. The number of hydrogen-bond donors (Lipinski definition) is 1. The molecule has 7 nitrogen and oxygen atoms in total. The Labute approximate surface area is 183 Å². The summed E-state index contributed by atoms with van der Waals surface area (Å²) in [6.45, 7) is 4.78. The largest absolute Gasteiger partial charge is 0.495 e. The topological polar surface area (TPSA) is 80.6 Å². The number of nitrogens with zero attached hydrogens (tertiary/aromatic N) is 2. The maximum atomic E-state index is 13.4. The second kappa shape index (κ2) is 8.89. The number of sulfonamides is 1. The van der Waals surface area contributed by atoms with Crippen molar-refractivity contribution in [3.05, 3.63) is 40.2 Å². The fraction of sp³-hybridized carbons (Fsp3) is 0.476. The minimum Gasteiger partial charge on any atom is -0.495 e. The summed E-state index contributed by atoms with van der Waals surface area (Å²) in [7, 11) is -0.764. The maximum absolute atomic E-state index is 13.4. The number of amides is 1. The fourth-order valence-electron chi connectivity index (χ4n) is 3.87. The molecule has 2 aromatic rings. The number of halogens is 1. The first-order chi connectivity index (χ1) is 14.2. The summed E-state index contributed by atoms with van der Waals surface area (Å²) in [5.41, 5.74) is 1.69. The molecule has 1 fully saturated rings. The van der Waals surface area contributed by atoms with Crippen LogP contribution < -0.4 is 9.46 Å². The van der Waals surface area contributed by atoms with Gasteiger partial charge in [-0.15, -0.1) is 0 Å². The Bertz CT molecular complexity index is 1050. The van der Waals surface area contributed by atoms with E-state index in [1.165, 1.54) is 13.2 Å². The van der Waals surface area contributed by atoms with Gasteiger partial charge in [0.2, 0.25) is 0 Å². The quantitative estimate of drug-likeness (QED) is 0.738. The second-order valence-electron chi connectivity index (χ2n) is 7.60. The van der Waals surface area contributed by atoms with Crippen LogP contribution in [0.3, 0.4) is 0 Å². The molecule has 164 valence electrons. The van der Waals surface area contributed by atoms with Crippen molar-refractivity contribution in [2.75, 3.05) is 24.9 Å². The van der Waals surface area contributed by atoms with Crippen LogP contribution in [0.4, 0.5) is 5.69 Å². The van der Waals surface area contributed by atoms with Gasteiger partial charge in [-0.1, -0.05) is 24.4 Å². The van der Waals surface area contributed by atoms with Gasteiger partial charge in [0.25, 0.3) is 15.9 Å². The first-order valence-electron chi connectivity index (χ1n) is 9.99. The van der Waals surface area contributed by atoms with E-state index in [4.69, 9.17) is 16.3 Å². The van der Waals surface area contributed by atoms with Crippen molar-refractivity contribution in [3.63, 3.8) is 0 Å². The molecule has 1 N–H and O–H groups in total. The zero-order valence-corrected chi connectivity index (χ0v) is 19.4. The van der Waals surface area contributed by atoms with Crippen molar-refractivity contribution in [1.29, 1.82) is 0 Å². The summed E-state index contributed by atoms with van der Waals surface area (Å²) in [6.07, 6.45) is 4.03. The Morgan fingerprint density at radius 3 is 2.30 bits per heavy atom. The number of ether oxygens (including phenoxy) is 1. The number of anilines is 1. The van der Waals surface area contributed by atoms with Crippen LogP contribution in [0.2, 0.25) is 5.02 Å². The highest BCUT2D eigenvalue weighted by atomic mass is 35.5. The lowest BCUT2D eigenvalue weighted by molar-refractivity contribution is 0.0757. The molecular formula is C21H28ClN3O4S. The summed E-state index contributed by atoms with van der Waals surface area (Å²) in [4.78, 5) is 15.2. The predicted octanol–water partition coefficient (Wildman–Crippen LogP) is 4.12. The van der Waals surface area contributed by atoms with Crippen LogP contribution in [0.1, 0.15) is 47.4 Å². The molecule has 3 rings (SSSR count). The number of rotatable bonds is 5. The Kier molecular flexibility index (Phi) is 6.67. The van der Waals surface area contributed by atoms with E-state index in [2.05, 4.69) is 4.72 Å². The second-order valence-corrected chi connectivity index (χ2v) is 9.62. The number of carbonyl (C=O) groups is 1. The molecule has 1 aromatic carbocycles. The molecule has 1 saturated heterocycles. The Hall–Kier alpha value is -2.19. The zero-order chi connectivity index (χ0) is 22.1. The Balaban J connectivity index is 2.03.